The summed E-state index contributed by atoms with van der Waals surface area (Å²) in [5.41, 5.74) is 6.08. The maximum absolute atomic E-state index is 13.6. The molecule has 8 heteroatoms. The molecule has 1 saturated heterocycles. The molecule has 1 heterocycles. The highest BCUT2D eigenvalue weighted by Gasteiger charge is 2.28. The van der Waals surface area contributed by atoms with Crippen LogP contribution in [-0.4, -0.2) is 68.2 Å². The van der Waals surface area contributed by atoms with Crippen molar-refractivity contribution >= 4 is 17.7 Å². The number of nitrogens with one attached hydrogen (secondary N) is 1. The van der Waals surface area contributed by atoms with E-state index >= 15 is 0 Å². The number of likely N-dealkylation sites (N-methyl/N-ethyl adjacent to an activating group) is 1. The molecule has 1 atom stereocenters. The van der Waals surface area contributed by atoms with Crippen LogP contribution in [0.15, 0.2) is 18.2 Å². The molecule has 2 rings (SSSR count). The number of carbonyl (C=O) groups excluding carboxylic acids is 2. The molecule has 1 aliphatic heterocycles. The van der Waals surface area contributed by atoms with Crippen LogP contribution in [-0.2, 0) is 16.0 Å². The van der Waals surface area contributed by atoms with Gasteiger partial charge in [-0.05, 0) is 24.7 Å². The number of piperazine rings is 1. The minimum absolute atomic E-state index is 0.0432. The Morgan fingerprint density at radius 3 is 2.58 bits per heavy atom. The second kappa shape index (κ2) is 7.96. The number of hydrogen-bond acceptors (Lipinski definition) is 5. The maximum atomic E-state index is 13.6. The number of carbonyl (C=O) groups is 2. The molecule has 24 heavy (non-hydrogen) atoms. The van der Waals surface area contributed by atoms with Gasteiger partial charge in [0.15, 0.2) is 0 Å². The van der Waals surface area contributed by atoms with E-state index in [1.807, 2.05) is 7.05 Å². The zero-order chi connectivity index (χ0) is 17.7. The Morgan fingerprint density at radius 1 is 1.33 bits per heavy atom. The third kappa shape index (κ3) is 4.58. The fourth-order valence-electron chi connectivity index (χ4n) is 2.58. The van der Waals surface area contributed by atoms with Crippen LogP contribution >= 0.6 is 0 Å². The van der Waals surface area contributed by atoms with E-state index in [-0.39, 0.29) is 18.0 Å². The predicted octanol–water partition coefficient (Wildman–Crippen LogP) is 0.449. The van der Waals surface area contributed by atoms with Gasteiger partial charge < -0.3 is 25.6 Å². The lowest BCUT2D eigenvalue weighted by Gasteiger charge is -2.34. The molecule has 1 aromatic rings. The molecule has 0 unspecified atom stereocenters. The van der Waals surface area contributed by atoms with Gasteiger partial charge in [0.05, 0.1) is 12.8 Å². The molecule has 1 aliphatic rings. The van der Waals surface area contributed by atoms with Crippen LogP contribution in [0.5, 0.6) is 0 Å². The average Bonchev–Trinajstić information content (AvgIpc) is 2.57. The number of nitrogens with two attached hydrogens (primary N) is 1. The lowest BCUT2D eigenvalue weighted by molar-refractivity contribution is -0.134. The molecule has 132 valence electrons. The highest BCUT2D eigenvalue weighted by atomic mass is 19.1. The second-order valence-corrected chi connectivity index (χ2v) is 5.88. The molecule has 0 aliphatic carbocycles. The van der Waals surface area contributed by atoms with Crippen molar-refractivity contribution < 1.29 is 18.7 Å². The summed E-state index contributed by atoms with van der Waals surface area (Å²) >= 11 is 0. The summed E-state index contributed by atoms with van der Waals surface area (Å²) in [4.78, 5) is 28.1. The molecular weight excluding hydrogens is 315 g/mol. The van der Waals surface area contributed by atoms with E-state index in [2.05, 4.69) is 15.0 Å². The number of alkyl carbamates (subject to hydrolysis) is 1. The zero-order valence-corrected chi connectivity index (χ0v) is 13.9. The van der Waals surface area contributed by atoms with E-state index in [0.29, 0.717) is 18.7 Å². The van der Waals surface area contributed by atoms with Crippen molar-refractivity contribution in [1.29, 1.82) is 0 Å². The van der Waals surface area contributed by atoms with Gasteiger partial charge in [-0.15, -0.1) is 0 Å². The summed E-state index contributed by atoms with van der Waals surface area (Å²) < 4.78 is 18.2. The molecule has 0 aromatic heterocycles. The number of nitrogens with zero attached hydrogens (tertiary/aromatic N) is 2. The number of ether oxygens (including phenoxy) is 1. The SMILES string of the molecule is COC(=O)N[C@H](Cc1ccc(N)c(F)c1)C(=O)N1CCN(C)CC1. The Hall–Kier alpha value is -2.35. The van der Waals surface area contributed by atoms with Gasteiger partial charge in [-0.2, -0.15) is 0 Å². The Kier molecular flexibility index (Phi) is 5.97. The summed E-state index contributed by atoms with van der Waals surface area (Å²) in [7, 11) is 3.22. The Morgan fingerprint density at radius 2 is 2.00 bits per heavy atom. The minimum Gasteiger partial charge on any atom is -0.453 e. The van der Waals surface area contributed by atoms with Gasteiger partial charge in [0.25, 0.3) is 0 Å². The largest absolute Gasteiger partial charge is 0.453 e. The minimum atomic E-state index is -0.816. The van der Waals surface area contributed by atoms with Crippen molar-refractivity contribution in [2.24, 2.45) is 0 Å². The number of halogens is 1. The summed E-state index contributed by atoms with van der Waals surface area (Å²) in [5, 5.41) is 2.54. The van der Waals surface area contributed by atoms with Crippen LogP contribution < -0.4 is 11.1 Å². The van der Waals surface area contributed by atoms with Gasteiger partial charge in [0.1, 0.15) is 11.9 Å². The van der Waals surface area contributed by atoms with E-state index in [9.17, 15) is 14.0 Å². The highest BCUT2D eigenvalue weighted by Crippen LogP contribution is 2.15. The van der Waals surface area contributed by atoms with Crippen LogP contribution in [0.1, 0.15) is 5.56 Å². The summed E-state index contributed by atoms with van der Waals surface area (Å²) in [5.74, 6) is -0.748. The number of methoxy groups -OCH3 is 1. The number of nitrogen functional groups attached to an aromatic ring is 1. The molecule has 0 bridgehead atoms. The number of rotatable bonds is 4. The number of amides is 2. The molecule has 1 fully saturated rings. The first-order valence-electron chi connectivity index (χ1n) is 7.76. The third-order valence-electron chi connectivity index (χ3n) is 4.10. The summed E-state index contributed by atoms with van der Waals surface area (Å²) in [6.45, 7) is 2.72. The van der Waals surface area contributed by atoms with Gasteiger partial charge in [-0.25, -0.2) is 9.18 Å². The number of anilines is 1. The molecule has 0 saturated carbocycles. The first kappa shape index (κ1) is 18.0. The molecule has 3 N–H and O–H groups in total. The molecule has 1 aromatic carbocycles. The normalized spacial score (nSPS) is 16.5. The summed E-state index contributed by atoms with van der Waals surface area (Å²) in [6, 6.07) is 3.55. The van der Waals surface area contributed by atoms with Gasteiger partial charge in [0, 0.05) is 32.6 Å². The van der Waals surface area contributed by atoms with E-state index in [1.54, 1.807) is 11.0 Å². The monoisotopic (exact) mass is 338 g/mol. The molecule has 7 nitrogen and oxygen atoms in total. The molecule has 0 radical (unpaired) electrons. The van der Waals surface area contributed by atoms with Crippen LogP contribution in [0, 0.1) is 5.82 Å². The fraction of sp³-hybridized carbons (Fsp3) is 0.500. The topological polar surface area (TPSA) is 87.9 Å². The van der Waals surface area contributed by atoms with E-state index in [1.165, 1.54) is 19.2 Å². The van der Waals surface area contributed by atoms with Crippen molar-refractivity contribution in [3.63, 3.8) is 0 Å². The predicted molar refractivity (Wildman–Crippen MR) is 87.9 cm³/mol. The summed E-state index contributed by atoms with van der Waals surface area (Å²) in [6.07, 6.45) is -0.532. The highest BCUT2D eigenvalue weighted by molar-refractivity contribution is 5.86. The first-order chi connectivity index (χ1) is 11.4. The van der Waals surface area contributed by atoms with Crippen molar-refractivity contribution in [1.82, 2.24) is 15.1 Å². The van der Waals surface area contributed by atoms with Crippen LogP contribution in [0.4, 0.5) is 14.9 Å². The standard InChI is InChI=1S/C16H23FN4O3/c1-20-5-7-21(8-6-20)15(22)14(19-16(23)24-2)10-11-3-4-13(18)12(17)9-11/h3-4,9,14H,5-8,10,18H2,1-2H3,(H,19,23)/t14-/m1/s1. The fourth-order valence-corrected chi connectivity index (χ4v) is 2.58. The average molecular weight is 338 g/mol. The van der Waals surface area contributed by atoms with E-state index < -0.39 is 18.0 Å². The van der Waals surface area contributed by atoms with Gasteiger partial charge >= 0.3 is 6.09 Å². The Bertz CT molecular complexity index is 603. The molecule has 0 spiro atoms. The second-order valence-electron chi connectivity index (χ2n) is 5.88. The Balaban J connectivity index is 2.12. The number of hydrogen-bond donors (Lipinski definition) is 2. The van der Waals surface area contributed by atoms with Gasteiger partial charge in [0.2, 0.25) is 5.91 Å². The number of benzene rings is 1. The van der Waals surface area contributed by atoms with Gasteiger partial charge in [-0.3, -0.25) is 4.79 Å². The maximum Gasteiger partial charge on any atom is 0.407 e. The van der Waals surface area contributed by atoms with Crippen molar-refractivity contribution in [3.8, 4) is 0 Å². The lowest BCUT2D eigenvalue weighted by atomic mass is 10.0. The third-order valence-corrected chi connectivity index (χ3v) is 4.10. The first-order valence-corrected chi connectivity index (χ1v) is 7.76. The quantitative estimate of drug-likeness (QED) is 0.778. The molecular formula is C16H23FN4O3. The van der Waals surface area contributed by atoms with Gasteiger partial charge in [-0.1, -0.05) is 6.07 Å². The van der Waals surface area contributed by atoms with Crippen molar-refractivity contribution in [3.05, 3.63) is 29.6 Å². The van der Waals surface area contributed by atoms with Crippen LogP contribution in [0.25, 0.3) is 0 Å². The van der Waals surface area contributed by atoms with E-state index in [0.717, 1.165) is 13.1 Å². The lowest BCUT2D eigenvalue weighted by Crippen LogP contribution is -2.55. The smallest absolute Gasteiger partial charge is 0.407 e. The van der Waals surface area contributed by atoms with Crippen LogP contribution in [0.3, 0.4) is 0 Å². The van der Waals surface area contributed by atoms with Crippen molar-refractivity contribution in [2.75, 3.05) is 46.1 Å². The van der Waals surface area contributed by atoms with Crippen LogP contribution in [0.2, 0.25) is 0 Å². The molecule has 2 amide bonds. The van der Waals surface area contributed by atoms with Crippen molar-refractivity contribution in [2.45, 2.75) is 12.5 Å². The van der Waals surface area contributed by atoms with E-state index in [4.69, 9.17) is 5.73 Å². The zero-order valence-electron chi connectivity index (χ0n) is 13.9. The Labute approximate surface area is 140 Å².